The second-order valence-electron chi connectivity index (χ2n) is 8.16. The Kier molecular flexibility index (Phi) is 7.93. The van der Waals surface area contributed by atoms with E-state index in [1.165, 1.54) is 31.6 Å². The van der Waals surface area contributed by atoms with Crippen LogP contribution in [0.3, 0.4) is 0 Å². The summed E-state index contributed by atoms with van der Waals surface area (Å²) in [5.41, 5.74) is 1.84. The molecule has 1 unspecified atom stereocenters. The average Bonchev–Trinajstić information content (AvgIpc) is 3.18. The number of hydrogen-bond donors (Lipinski definition) is 1. The molecule has 1 aromatic rings. The van der Waals surface area contributed by atoms with Crippen LogP contribution in [-0.4, -0.2) is 60.4 Å². The van der Waals surface area contributed by atoms with E-state index < -0.39 is 0 Å². The molecular weight excluding hydrogens is 350 g/mol. The van der Waals surface area contributed by atoms with Crippen LogP contribution in [0.1, 0.15) is 71.5 Å². The van der Waals surface area contributed by atoms with Crippen LogP contribution in [0.15, 0.2) is 6.07 Å². The summed E-state index contributed by atoms with van der Waals surface area (Å²) in [5, 5.41) is 8.27. The van der Waals surface area contributed by atoms with E-state index in [-0.39, 0.29) is 5.91 Å². The van der Waals surface area contributed by atoms with Gasteiger partial charge in [0.25, 0.3) is 0 Å². The van der Waals surface area contributed by atoms with Gasteiger partial charge in [-0.1, -0.05) is 27.7 Å². The lowest BCUT2D eigenvalue weighted by molar-refractivity contribution is -0.127. The molecule has 2 saturated heterocycles. The lowest BCUT2D eigenvalue weighted by Crippen LogP contribution is -2.60. The van der Waals surface area contributed by atoms with Crippen LogP contribution < -0.4 is 10.2 Å². The number of carbonyl (C=O) groups is 1. The van der Waals surface area contributed by atoms with Crippen molar-refractivity contribution in [3.05, 3.63) is 11.8 Å². The molecule has 28 heavy (non-hydrogen) atoms. The van der Waals surface area contributed by atoms with Crippen molar-refractivity contribution in [3.63, 3.8) is 0 Å². The first kappa shape index (κ1) is 22.7. The highest BCUT2D eigenvalue weighted by Gasteiger charge is 2.49. The fourth-order valence-electron chi connectivity index (χ4n) is 4.57. The monoisotopic (exact) mass is 391 g/mol. The SMILES string of the molecule is CC.CC.Cc1cc(N(C)CCC2CCC(=O)N2C)nn1C1CC2(CNC2)C1. The van der Waals surface area contributed by atoms with E-state index >= 15 is 0 Å². The number of aromatic nitrogens is 2. The van der Waals surface area contributed by atoms with Crippen molar-refractivity contribution >= 4 is 11.7 Å². The second-order valence-corrected chi connectivity index (χ2v) is 8.16. The molecule has 1 aromatic heterocycles. The van der Waals surface area contributed by atoms with Gasteiger partial charge in [0.05, 0.1) is 6.04 Å². The zero-order valence-electron chi connectivity index (χ0n) is 19.1. The summed E-state index contributed by atoms with van der Waals surface area (Å²) in [6.07, 6.45) is 5.25. The molecule has 160 valence electrons. The van der Waals surface area contributed by atoms with E-state index in [1.54, 1.807) is 0 Å². The standard InChI is InChI=1S/C18H29N5O.2C2H6/c1-13-8-16(20-23(13)15-9-18(10-15)11-19-12-18)21(2)7-6-14-4-5-17(24)22(14)3;2*1-2/h8,14-15,19H,4-7,9-12H2,1-3H3;2*1-2H3. The normalized spacial score (nSPS) is 22.6. The predicted octanol–water partition coefficient (Wildman–Crippen LogP) is 3.62. The third-order valence-corrected chi connectivity index (χ3v) is 6.41. The Bertz CT molecular complexity index is 629. The molecule has 0 aromatic carbocycles. The number of rotatable bonds is 5. The molecular formula is C22H41N5O. The number of nitrogens with zero attached hydrogens (tertiary/aromatic N) is 4. The second kappa shape index (κ2) is 9.77. The quantitative estimate of drug-likeness (QED) is 0.833. The number of aryl methyl sites for hydroxylation is 1. The van der Waals surface area contributed by atoms with Gasteiger partial charge < -0.3 is 15.1 Å². The number of carbonyl (C=O) groups excluding carboxylic acids is 1. The van der Waals surface area contributed by atoms with Gasteiger partial charge >= 0.3 is 0 Å². The Morgan fingerprint density at radius 1 is 1.25 bits per heavy atom. The topological polar surface area (TPSA) is 53.4 Å². The first-order valence-corrected chi connectivity index (χ1v) is 11.2. The maximum Gasteiger partial charge on any atom is 0.222 e. The number of likely N-dealkylation sites (tertiary alicyclic amines) is 1. The molecule has 1 atom stereocenters. The first-order chi connectivity index (χ1) is 13.5. The van der Waals surface area contributed by atoms with E-state index in [0.717, 1.165) is 25.2 Å². The molecule has 1 saturated carbocycles. The van der Waals surface area contributed by atoms with Crippen LogP contribution in [0, 0.1) is 12.3 Å². The molecule has 4 rings (SSSR count). The molecule has 1 amide bonds. The van der Waals surface area contributed by atoms with Crippen LogP contribution in [0.2, 0.25) is 0 Å². The lowest BCUT2D eigenvalue weighted by atomic mass is 9.62. The molecule has 6 nitrogen and oxygen atoms in total. The van der Waals surface area contributed by atoms with Crippen LogP contribution in [0.4, 0.5) is 5.82 Å². The van der Waals surface area contributed by atoms with Crippen molar-refractivity contribution in [2.24, 2.45) is 5.41 Å². The van der Waals surface area contributed by atoms with Gasteiger partial charge in [0.2, 0.25) is 5.91 Å². The number of nitrogens with one attached hydrogen (secondary N) is 1. The average molecular weight is 392 g/mol. The third kappa shape index (κ3) is 4.53. The van der Waals surface area contributed by atoms with Crippen LogP contribution in [-0.2, 0) is 4.79 Å². The van der Waals surface area contributed by atoms with Gasteiger partial charge in [-0.2, -0.15) is 5.10 Å². The highest BCUT2D eigenvalue weighted by atomic mass is 16.2. The first-order valence-electron chi connectivity index (χ1n) is 11.2. The van der Waals surface area contributed by atoms with E-state index in [1.807, 2.05) is 39.6 Å². The maximum absolute atomic E-state index is 11.6. The summed E-state index contributed by atoms with van der Waals surface area (Å²) in [7, 11) is 4.04. The number of anilines is 1. The van der Waals surface area contributed by atoms with Crippen molar-refractivity contribution in [3.8, 4) is 0 Å². The molecule has 6 heteroatoms. The summed E-state index contributed by atoms with van der Waals surface area (Å²) in [6.45, 7) is 13.5. The van der Waals surface area contributed by atoms with Crippen molar-refractivity contribution in [2.75, 3.05) is 38.6 Å². The highest BCUT2D eigenvalue weighted by Crippen LogP contribution is 2.51. The molecule has 2 aliphatic heterocycles. The zero-order chi connectivity index (χ0) is 20.9. The maximum atomic E-state index is 11.6. The minimum atomic E-state index is 0.284. The summed E-state index contributed by atoms with van der Waals surface area (Å²) in [4.78, 5) is 15.8. The molecule has 0 radical (unpaired) electrons. The fraction of sp³-hybridized carbons (Fsp3) is 0.818. The summed E-state index contributed by atoms with van der Waals surface area (Å²) in [5.74, 6) is 1.35. The molecule has 1 N–H and O–H groups in total. The lowest BCUT2D eigenvalue weighted by Gasteiger charge is -2.54. The zero-order valence-corrected chi connectivity index (χ0v) is 19.1. The smallest absolute Gasteiger partial charge is 0.222 e. The van der Waals surface area contributed by atoms with E-state index in [4.69, 9.17) is 5.10 Å². The van der Waals surface area contributed by atoms with Crippen molar-refractivity contribution < 1.29 is 4.79 Å². The minimum absolute atomic E-state index is 0.284. The molecule has 3 fully saturated rings. The van der Waals surface area contributed by atoms with Gasteiger partial charge in [0.1, 0.15) is 0 Å². The number of amides is 1. The van der Waals surface area contributed by atoms with Crippen LogP contribution >= 0.6 is 0 Å². The number of hydrogen-bond acceptors (Lipinski definition) is 4. The van der Waals surface area contributed by atoms with Gasteiger partial charge in [-0.25, -0.2) is 0 Å². The molecule has 3 heterocycles. The van der Waals surface area contributed by atoms with E-state index in [9.17, 15) is 4.79 Å². The predicted molar refractivity (Wildman–Crippen MR) is 117 cm³/mol. The molecule has 1 spiro atoms. The van der Waals surface area contributed by atoms with Crippen LogP contribution in [0.5, 0.6) is 0 Å². The highest BCUT2D eigenvalue weighted by molar-refractivity contribution is 5.78. The Balaban J connectivity index is 0.000000660. The fourth-order valence-corrected chi connectivity index (χ4v) is 4.57. The Morgan fingerprint density at radius 3 is 2.39 bits per heavy atom. The Hall–Kier alpha value is -1.56. The summed E-state index contributed by atoms with van der Waals surface area (Å²) in [6, 6.07) is 3.17. The van der Waals surface area contributed by atoms with Gasteiger partial charge in [-0.05, 0) is 38.0 Å². The largest absolute Gasteiger partial charge is 0.358 e. The van der Waals surface area contributed by atoms with Crippen molar-refractivity contribution in [2.45, 2.75) is 78.8 Å². The third-order valence-electron chi connectivity index (χ3n) is 6.41. The van der Waals surface area contributed by atoms with E-state index in [2.05, 4.69) is 34.9 Å². The minimum Gasteiger partial charge on any atom is -0.358 e. The molecule has 0 bridgehead atoms. The molecule has 3 aliphatic rings. The van der Waals surface area contributed by atoms with Gasteiger partial charge in [0, 0.05) is 58.0 Å². The van der Waals surface area contributed by atoms with Gasteiger partial charge in [-0.15, -0.1) is 0 Å². The van der Waals surface area contributed by atoms with Crippen LogP contribution in [0.25, 0.3) is 0 Å². The van der Waals surface area contributed by atoms with Gasteiger partial charge in [0.15, 0.2) is 5.82 Å². The molecule has 1 aliphatic carbocycles. The summed E-state index contributed by atoms with van der Waals surface area (Å²) < 4.78 is 2.24. The van der Waals surface area contributed by atoms with Crippen molar-refractivity contribution in [1.82, 2.24) is 20.0 Å². The van der Waals surface area contributed by atoms with E-state index in [0.29, 0.717) is 23.9 Å². The summed E-state index contributed by atoms with van der Waals surface area (Å²) >= 11 is 0. The Morgan fingerprint density at radius 2 is 1.89 bits per heavy atom. The van der Waals surface area contributed by atoms with Crippen molar-refractivity contribution in [1.29, 1.82) is 0 Å². The van der Waals surface area contributed by atoms with Gasteiger partial charge in [-0.3, -0.25) is 9.48 Å². The Labute approximate surface area is 171 Å².